The van der Waals surface area contributed by atoms with Crippen molar-refractivity contribution < 1.29 is 14.1 Å². The molecule has 0 radical (unpaired) electrons. The zero-order valence-corrected chi connectivity index (χ0v) is 14.2. The van der Waals surface area contributed by atoms with Gasteiger partial charge in [0.25, 0.3) is 11.8 Å². The van der Waals surface area contributed by atoms with Crippen molar-refractivity contribution in [2.45, 2.75) is 44.6 Å². The molecule has 4 heterocycles. The first kappa shape index (κ1) is 16.1. The quantitative estimate of drug-likeness (QED) is 0.837. The largest absolute Gasteiger partial charge is 0.368 e. The maximum absolute atomic E-state index is 12.4. The van der Waals surface area contributed by atoms with E-state index in [0.717, 1.165) is 31.4 Å². The third-order valence-electron chi connectivity index (χ3n) is 4.82. The molecule has 2 aliphatic rings. The molecule has 0 bridgehead atoms. The number of aryl methyl sites for hydroxylation is 1. The number of carbonyl (C=O) groups is 1. The minimum absolute atomic E-state index is 0.125. The van der Waals surface area contributed by atoms with Crippen LogP contribution in [0.5, 0.6) is 0 Å². The maximum Gasteiger partial charge on any atom is 0.278 e. The summed E-state index contributed by atoms with van der Waals surface area (Å²) < 4.78 is 10.8. The third kappa shape index (κ3) is 3.39. The lowest BCUT2D eigenvalue weighted by Crippen LogP contribution is -2.43. The van der Waals surface area contributed by atoms with Gasteiger partial charge in [0.05, 0.1) is 11.9 Å². The first-order chi connectivity index (χ1) is 12.2. The van der Waals surface area contributed by atoms with E-state index in [4.69, 9.17) is 9.26 Å². The molecular formula is C17H21N5O3. The van der Waals surface area contributed by atoms with Crippen LogP contribution in [0.15, 0.2) is 16.9 Å². The average molecular weight is 343 g/mol. The molecule has 0 saturated carbocycles. The van der Waals surface area contributed by atoms with E-state index >= 15 is 0 Å². The van der Waals surface area contributed by atoms with Gasteiger partial charge in [-0.05, 0) is 32.6 Å². The van der Waals surface area contributed by atoms with E-state index in [1.165, 1.54) is 0 Å². The van der Waals surface area contributed by atoms with Gasteiger partial charge in [0.2, 0.25) is 0 Å². The second-order valence-corrected chi connectivity index (χ2v) is 6.60. The SMILES string of the molecule is Cc1cnc(-c2nc(C3CCN(C(=O)C4CCCO4)CC3)no2)cn1. The molecule has 2 saturated heterocycles. The molecule has 0 aromatic carbocycles. The maximum atomic E-state index is 12.4. The van der Waals surface area contributed by atoms with Crippen molar-refractivity contribution in [1.29, 1.82) is 0 Å². The summed E-state index contributed by atoms with van der Waals surface area (Å²) in [5.74, 6) is 1.39. The van der Waals surface area contributed by atoms with Crippen LogP contribution in [0.1, 0.15) is 43.1 Å². The number of hydrogen-bond acceptors (Lipinski definition) is 7. The van der Waals surface area contributed by atoms with Crippen molar-refractivity contribution in [3.8, 4) is 11.6 Å². The average Bonchev–Trinajstić information content (AvgIpc) is 3.34. The minimum atomic E-state index is -0.242. The van der Waals surface area contributed by atoms with Crippen molar-refractivity contribution in [1.82, 2.24) is 25.0 Å². The molecule has 2 aromatic heterocycles. The molecule has 132 valence electrons. The standard InChI is InChI=1S/C17H21N5O3/c1-11-9-19-13(10-18-11)16-20-15(21-25-16)12-4-6-22(7-5-12)17(23)14-3-2-8-24-14/h9-10,12,14H,2-8H2,1H3. The Morgan fingerprint density at radius 1 is 1.20 bits per heavy atom. The summed E-state index contributed by atoms with van der Waals surface area (Å²) in [5.41, 5.74) is 1.42. The second kappa shape index (κ2) is 6.87. The van der Waals surface area contributed by atoms with Gasteiger partial charge in [0, 0.05) is 31.8 Å². The van der Waals surface area contributed by atoms with Crippen LogP contribution >= 0.6 is 0 Å². The fourth-order valence-electron chi connectivity index (χ4n) is 3.34. The van der Waals surface area contributed by atoms with Crippen molar-refractivity contribution in [3.05, 3.63) is 23.9 Å². The molecule has 2 aliphatic heterocycles. The van der Waals surface area contributed by atoms with Gasteiger partial charge in [-0.15, -0.1) is 0 Å². The number of aromatic nitrogens is 4. The van der Waals surface area contributed by atoms with Crippen molar-refractivity contribution in [3.63, 3.8) is 0 Å². The minimum Gasteiger partial charge on any atom is -0.368 e. The fourth-order valence-corrected chi connectivity index (χ4v) is 3.34. The highest BCUT2D eigenvalue weighted by Gasteiger charge is 2.32. The van der Waals surface area contributed by atoms with Gasteiger partial charge in [-0.1, -0.05) is 5.16 Å². The number of piperidine rings is 1. The molecule has 2 fully saturated rings. The van der Waals surface area contributed by atoms with Crippen LogP contribution in [0.4, 0.5) is 0 Å². The van der Waals surface area contributed by atoms with Crippen molar-refractivity contribution in [2.75, 3.05) is 19.7 Å². The molecule has 25 heavy (non-hydrogen) atoms. The zero-order valence-electron chi connectivity index (χ0n) is 14.2. The summed E-state index contributed by atoms with van der Waals surface area (Å²) in [6.45, 7) is 3.98. The van der Waals surface area contributed by atoms with Gasteiger partial charge < -0.3 is 14.2 Å². The summed E-state index contributed by atoms with van der Waals surface area (Å²) in [7, 11) is 0. The number of carbonyl (C=O) groups excluding carboxylic acids is 1. The van der Waals surface area contributed by atoms with E-state index in [9.17, 15) is 4.79 Å². The highest BCUT2D eigenvalue weighted by molar-refractivity contribution is 5.81. The fraction of sp³-hybridized carbons (Fsp3) is 0.588. The number of rotatable bonds is 3. The number of amides is 1. The molecule has 1 unspecified atom stereocenters. The van der Waals surface area contributed by atoms with Gasteiger partial charge in [0.1, 0.15) is 11.8 Å². The molecule has 8 nitrogen and oxygen atoms in total. The Morgan fingerprint density at radius 2 is 2.04 bits per heavy atom. The number of nitrogens with zero attached hydrogens (tertiary/aromatic N) is 5. The van der Waals surface area contributed by atoms with Gasteiger partial charge in [-0.3, -0.25) is 9.78 Å². The molecular weight excluding hydrogens is 322 g/mol. The predicted molar refractivity (Wildman–Crippen MR) is 87.6 cm³/mol. The summed E-state index contributed by atoms with van der Waals surface area (Å²) >= 11 is 0. The van der Waals surface area contributed by atoms with Crippen molar-refractivity contribution in [2.24, 2.45) is 0 Å². The highest BCUT2D eigenvalue weighted by atomic mass is 16.5. The Bertz CT molecular complexity index is 731. The number of ether oxygens (including phenoxy) is 1. The van der Waals surface area contributed by atoms with Gasteiger partial charge in [0.15, 0.2) is 5.82 Å². The van der Waals surface area contributed by atoms with E-state index < -0.39 is 0 Å². The van der Waals surface area contributed by atoms with E-state index in [0.29, 0.717) is 37.1 Å². The lowest BCUT2D eigenvalue weighted by molar-refractivity contribution is -0.142. The van der Waals surface area contributed by atoms with E-state index in [-0.39, 0.29) is 17.9 Å². The Kier molecular flexibility index (Phi) is 4.44. The van der Waals surface area contributed by atoms with Crippen LogP contribution in [-0.4, -0.2) is 56.7 Å². The van der Waals surface area contributed by atoms with Crippen LogP contribution < -0.4 is 0 Å². The number of hydrogen-bond donors (Lipinski definition) is 0. The lowest BCUT2D eigenvalue weighted by Gasteiger charge is -2.32. The summed E-state index contributed by atoms with van der Waals surface area (Å²) in [4.78, 5) is 27.2. The van der Waals surface area contributed by atoms with Crippen molar-refractivity contribution >= 4 is 5.91 Å². The van der Waals surface area contributed by atoms with E-state index in [2.05, 4.69) is 20.1 Å². The Labute approximate surface area is 145 Å². The highest BCUT2D eigenvalue weighted by Crippen LogP contribution is 2.28. The van der Waals surface area contributed by atoms with Crippen LogP contribution in [-0.2, 0) is 9.53 Å². The van der Waals surface area contributed by atoms with E-state index in [1.54, 1.807) is 12.4 Å². The van der Waals surface area contributed by atoms with Crippen LogP contribution in [0.3, 0.4) is 0 Å². The Hall–Kier alpha value is -2.35. The molecule has 0 aliphatic carbocycles. The molecule has 8 heteroatoms. The topological polar surface area (TPSA) is 94.2 Å². The molecule has 1 atom stereocenters. The molecule has 4 rings (SSSR count). The number of likely N-dealkylation sites (tertiary alicyclic amines) is 1. The molecule has 0 N–H and O–H groups in total. The second-order valence-electron chi connectivity index (χ2n) is 6.60. The first-order valence-corrected chi connectivity index (χ1v) is 8.74. The van der Waals surface area contributed by atoms with Crippen LogP contribution in [0, 0.1) is 6.92 Å². The Morgan fingerprint density at radius 3 is 2.72 bits per heavy atom. The smallest absolute Gasteiger partial charge is 0.278 e. The molecule has 2 aromatic rings. The van der Waals surface area contributed by atoms with Gasteiger partial charge >= 0.3 is 0 Å². The van der Waals surface area contributed by atoms with E-state index in [1.807, 2.05) is 11.8 Å². The third-order valence-corrected chi connectivity index (χ3v) is 4.82. The summed E-state index contributed by atoms with van der Waals surface area (Å²) in [6.07, 6.45) is 6.54. The van der Waals surface area contributed by atoms with Gasteiger partial charge in [-0.25, -0.2) is 4.98 Å². The zero-order chi connectivity index (χ0) is 17.2. The first-order valence-electron chi connectivity index (χ1n) is 8.74. The molecule has 1 amide bonds. The van der Waals surface area contributed by atoms with Crippen LogP contribution in [0.25, 0.3) is 11.6 Å². The summed E-state index contributed by atoms with van der Waals surface area (Å²) in [6, 6.07) is 0. The normalized spacial score (nSPS) is 21.6. The molecule has 0 spiro atoms. The summed E-state index contributed by atoms with van der Waals surface area (Å²) in [5, 5.41) is 4.10. The predicted octanol–water partition coefficient (Wildman–Crippen LogP) is 1.72. The van der Waals surface area contributed by atoms with Gasteiger partial charge in [-0.2, -0.15) is 4.98 Å². The monoisotopic (exact) mass is 343 g/mol. The lowest BCUT2D eigenvalue weighted by atomic mass is 9.95. The Balaban J connectivity index is 1.38. The van der Waals surface area contributed by atoms with Crippen LogP contribution in [0.2, 0.25) is 0 Å².